The van der Waals surface area contributed by atoms with Crippen molar-refractivity contribution in [3.8, 4) is 0 Å². The zero-order chi connectivity index (χ0) is 19.1. The molecule has 152 valence electrons. The third-order valence-corrected chi connectivity index (χ3v) is 5.60. The number of H-pyrrole nitrogens is 1. The Morgan fingerprint density at radius 2 is 2.07 bits per heavy atom. The number of hydrogen-bond acceptors (Lipinski definition) is 5. The fraction of sp³-hybridized carbons (Fsp3) is 0.842. The molecule has 1 aromatic heterocycles. The predicted octanol–water partition coefficient (Wildman–Crippen LogP) is 1.53. The molecule has 3 rings (SSSR count). The lowest BCUT2D eigenvalue weighted by Crippen LogP contribution is -2.52. The van der Waals surface area contributed by atoms with Gasteiger partial charge in [0.15, 0.2) is 0 Å². The van der Waals surface area contributed by atoms with Gasteiger partial charge in [0.1, 0.15) is 12.2 Å². The maximum Gasteiger partial charge on any atom is 0.317 e. The normalized spacial score (nSPS) is 22.3. The fourth-order valence-corrected chi connectivity index (χ4v) is 4.18. The third kappa shape index (κ3) is 6.17. The Morgan fingerprint density at radius 1 is 1.26 bits per heavy atom. The van der Waals surface area contributed by atoms with Gasteiger partial charge in [0.2, 0.25) is 0 Å². The van der Waals surface area contributed by atoms with Crippen LogP contribution in [-0.2, 0) is 6.54 Å². The summed E-state index contributed by atoms with van der Waals surface area (Å²) in [7, 11) is 0. The zero-order valence-electron chi connectivity index (χ0n) is 16.9. The molecule has 2 aliphatic heterocycles. The van der Waals surface area contributed by atoms with Gasteiger partial charge in [-0.2, -0.15) is 5.10 Å². The lowest BCUT2D eigenvalue weighted by molar-refractivity contribution is 0.120. The number of carbonyl (C=O) groups is 1. The second-order valence-corrected chi connectivity index (χ2v) is 8.25. The largest absolute Gasteiger partial charge is 0.338 e. The monoisotopic (exact) mass is 377 g/mol. The Morgan fingerprint density at radius 3 is 2.78 bits per heavy atom. The van der Waals surface area contributed by atoms with Crippen LogP contribution in [0.4, 0.5) is 4.79 Å². The van der Waals surface area contributed by atoms with Crippen LogP contribution in [0.1, 0.15) is 45.4 Å². The van der Waals surface area contributed by atoms with Crippen LogP contribution in [-0.4, -0.2) is 87.8 Å². The van der Waals surface area contributed by atoms with Gasteiger partial charge in [0.25, 0.3) is 0 Å². The molecule has 0 radical (unpaired) electrons. The number of carbonyl (C=O) groups excluding carboxylic acids is 1. The van der Waals surface area contributed by atoms with Gasteiger partial charge in [-0.1, -0.05) is 20.3 Å². The van der Waals surface area contributed by atoms with E-state index in [1.165, 1.54) is 38.7 Å². The molecule has 0 spiro atoms. The molecule has 2 aliphatic rings. The molecule has 1 aromatic rings. The molecular formula is C19H35N7O. The lowest BCUT2D eigenvalue weighted by atomic mass is 9.98. The summed E-state index contributed by atoms with van der Waals surface area (Å²) in [6.07, 6.45) is 6.49. The van der Waals surface area contributed by atoms with Crippen molar-refractivity contribution in [3.05, 3.63) is 12.2 Å². The lowest BCUT2D eigenvalue weighted by Gasteiger charge is -2.37. The van der Waals surface area contributed by atoms with Crippen molar-refractivity contribution >= 4 is 6.03 Å². The first-order chi connectivity index (χ1) is 13.1. The molecule has 2 fully saturated rings. The molecule has 1 unspecified atom stereocenters. The highest BCUT2D eigenvalue weighted by atomic mass is 16.2. The first-order valence-electron chi connectivity index (χ1n) is 10.4. The number of nitrogens with zero attached hydrogens (tertiary/aromatic N) is 5. The molecule has 27 heavy (non-hydrogen) atoms. The average molecular weight is 378 g/mol. The number of hydrogen-bond donors (Lipinski definition) is 2. The number of aromatic nitrogens is 3. The van der Waals surface area contributed by atoms with Crippen molar-refractivity contribution in [2.75, 3.05) is 45.8 Å². The molecular weight excluding hydrogens is 342 g/mol. The standard InChI is InChI=1S/C19H35N7O/c1-16(2)13-26-8-4-3-5-17(26)6-7-20-19(27)25-11-9-24(10-12-25)14-18-21-15-22-23-18/h15-17H,3-14H2,1-2H3,(H,20,27)(H,21,22,23). The number of rotatable bonds is 7. The van der Waals surface area contributed by atoms with Gasteiger partial charge >= 0.3 is 6.03 Å². The zero-order valence-corrected chi connectivity index (χ0v) is 16.9. The minimum atomic E-state index is 0.0838. The molecule has 0 bridgehead atoms. The molecule has 0 aliphatic carbocycles. The summed E-state index contributed by atoms with van der Waals surface area (Å²) in [6, 6.07) is 0.709. The smallest absolute Gasteiger partial charge is 0.317 e. The molecule has 2 amide bonds. The highest BCUT2D eigenvalue weighted by Gasteiger charge is 2.24. The summed E-state index contributed by atoms with van der Waals surface area (Å²) in [5.41, 5.74) is 0. The molecule has 2 saturated heterocycles. The van der Waals surface area contributed by atoms with Crippen LogP contribution in [0.15, 0.2) is 6.33 Å². The van der Waals surface area contributed by atoms with E-state index in [-0.39, 0.29) is 6.03 Å². The van der Waals surface area contributed by atoms with Crippen molar-refractivity contribution in [3.63, 3.8) is 0 Å². The predicted molar refractivity (Wildman–Crippen MR) is 105 cm³/mol. The van der Waals surface area contributed by atoms with Crippen LogP contribution in [0.5, 0.6) is 0 Å². The minimum Gasteiger partial charge on any atom is -0.338 e. The molecule has 0 aromatic carbocycles. The topological polar surface area (TPSA) is 80.4 Å². The van der Waals surface area contributed by atoms with E-state index in [0.29, 0.717) is 12.0 Å². The van der Waals surface area contributed by atoms with Crippen LogP contribution in [0.2, 0.25) is 0 Å². The first kappa shape index (κ1) is 20.1. The van der Waals surface area contributed by atoms with E-state index in [4.69, 9.17) is 0 Å². The first-order valence-corrected chi connectivity index (χ1v) is 10.4. The van der Waals surface area contributed by atoms with Gasteiger partial charge in [-0.05, 0) is 31.7 Å². The Bertz CT molecular complexity index is 554. The van der Waals surface area contributed by atoms with Crippen molar-refractivity contribution < 1.29 is 4.79 Å². The van der Waals surface area contributed by atoms with Gasteiger partial charge in [-0.15, -0.1) is 0 Å². The van der Waals surface area contributed by atoms with Crippen molar-refractivity contribution in [2.45, 2.75) is 52.1 Å². The number of likely N-dealkylation sites (tertiary alicyclic amines) is 1. The number of urea groups is 1. The number of nitrogens with one attached hydrogen (secondary N) is 2. The van der Waals surface area contributed by atoms with E-state index >= 15 is 0 Å². The van der Waals surface area contributed by atoms with E-state index < -0.39 is 0 Å². The van der Waals surface area contributed by atoms with Crippen LogP contribution in [0.25, 0.3) is 0 Å². The summed E-state index contributed by atoms with van der Waals surface area (Å²) in [5, 5.41) is 9.92. The summed E-state index contributed by atoms with van der Waals surface area (Å²) >= 11 is 0. The SMILES string of the molecule is CC(C)CN1CCCCC1CCNC(=O)N1CCN(Cc2ncn[nH]2)CC1. The highest BCUT2D eigenvalue weighted by molar-refractivity contribution is 5.74. The second-order valence-electron chi connectivity index (χ2n) is 8.25. The molecule has 8 nitrogen and oxygen atoms in total. The Labute approximate surface area is 162 Å². The van der Waals surface area contributed by atoms with E-state index in [1.807, 2.05) is 4.90 Å². The average Bonchev–Trinajstić information content (AvgIpc) is 3.16. The van der Waals surface area contributed by atoms with Crippen molar-refractivity contribution in [2.24, 2.45) is 5.92 Å². The third-order valence-electron chi connectivity index (χ3n) is 5.60. The van der Waals surface area contributed by atoms with E-state index in [2.05, 4.69) is 44.1 Å². The van der Waals surface area contributed by atoms with Crippen LogP contribution >= 0.6 is 0 Å². The van der Waals surface area contributed by atoms with Crippen LogP contribution < -0.4 is 5.32 Å². The number of amides is 2. The maximum absolute atomic E-state index is 12.5. The van der Waals surface area contributed by atoms with E-state index in [9.17, 15) is 4.79 Å². The van der Waals surface area contributed by atoms with Gasteiger partial charge in [0.05, 0.1) is 6.54 Å². The van der Waals surface area contributed by atoms with Crippen LogP contribution in [0.3, 0.4) is 0 Å². The number of piperidine rings is 1. The Balaban J connectivity index is 1.34. The molecule has 0 saturated carbocycles. The van der Waals surface area contributed by atoms with Gasteiger partial charge in [-0.3, -0.25) is 10.00 Å². The molecule has 8 heteroatoms. The van der Waals surface area contributed by atoms with E-state index in [0.717, 1.165) is 51.5 Å². The van der Waals surface area contributed by atoms with E-state index in [1.54, 1.807) is 0 Å². The summed E-state index contributed by atoms with van der Waals surface area (Å²) in [4.78, 5) is 23.5. The molecule has 2 N–H and O–H groups in total. The quantitative estimate of drug-likeness (QED) is 0.753. The second kappa shape index (κ2) is 10.0. The molecule has 3 heterocycles. The van der Waals surface area contributed by atoms with Gasteiger partial charge in [-0.25, -0.2) is 9.78 Å². The Kier molecular flexibility index (Phi) is 7.46. The Hall–Kier alpha value is -1.67. The summed E-state index contributed by atoms with van der Waals surface area (Å²) < 4.78 is 0. The number of piperazine rings is 1. The summed E-state index contributed by atoms with van der Waals surface area (Å²) in [5.74, 6) is 1.58. The van der Waals surface area contributed by atoms with Crippen LogP contribution in [0, 0.1) is 5.92 Å². The fourth-order valence-electron chi connectivity index (χ4n) is 4.18. The molecule has 1 atom stereocenters. The van der Waals surface area contributed by atoms with Crippen molar-refractivity contribution in [1.29, 1.82) is 0 Å². The number of aromatic amines is 1. The maximum atomic E-state index is 12.5. The van der Waals surface area contributed by atoms with Gasteiger partial charge < -0.3 is 15.1 Å². The minimum absolute atomic E-state index is 0.0838. The highest BCUT2D eigenvalue weighted by Crippen LogP contribution is 2.20. The van der Waals surface area contributed by atoms with Gasteiger partial charge in [0, 0.05) is 45.3 Å². The summed E-state index contributed by atoms with van der Waals surface area (Å²) in [6.45, 7) is 11.8. The van der Waals surface area contributed by atoms with Crippen molar-refractivity contribution in [1.82, 2.24) is 35.2 Å².